The van der Waals surface area contributed by atoms with E-state index in [1.165, 1.54) is 22.7 Å². The van der Waals surface area contributed by atoms with E-state index >= 15 is 0 Å². The maximum Gasteiger partial charge on any atom is 0.504 e. The average Bonchev–Trinajstić information content (AvgIpc) is 3.15. The molecule has 0 aliphatic carbocycles. The van der Waals surface area contributed by atoms with Crippen LogP contribution in [0.15, 0.2) is 96.0 Å². The maximum absolute atomic E-state index is 4.20. The molecule has 2 aromatic rings. The third kappa shape index (κ3) is 3.39. The summed E-state index contributed by atoms with van der Waals surface area (Å²) in [6.45, 7) is 19.5. The summed E-state index contributed by atoms with van der Waals surface area (Å²) in [7, 11) is -2.75. The molecule has 0 radical (unpaired) electrons. The second-order valence-electron chi connectivity index (χ2n) is 7.58. The van der Waals surface area contributed by atoms with E-state index in [1.807, 2.05) is 12.2 Å². The second-order valence-corrected chi connectivity index (χ2v) is 13.2. The maximum atomic E-state index is 4.20. The van der Waals surface area contributed by atoms with Crippen LogP contribution in [0.3, 0.4) is 0 Å². The molecule has 0 atom stereocenters. The first-order valence-corrected chi connectivity index (χ1v) is 13.5. The highest BCUT2D eigenvalue weighted by Crippen LogP contribution is 2.53. The van der Waals surface area contributed by atoms with Gasteiger partial charge in [-0.1, -0.05) is 81.4 Å². The van der Waals surface area contributed by atoms with Crippen LogP contribution in [0.5, 0.6) is 0 Å². The van der Waals surface area contributed by atoms with Crippen molar-refractivity contribution in [2.45, 2.75) is 0 Å². The molecule has 31 heavy (non-hydrogen) atoms. The van der Waals surface area contributed by atoms with Crippen molar-refractivity contribution < 1.29 is 0 Å². The molecule has 0 unspecified atom stereocenters. The Bertz CT molecular complexity index is 970. The molecule has 0 amide bonds. The molecular formula is C24H26Br2N4Si. The van der Waals surface area contributed by atoms with Gasteiger partial charge in [-0.15, -0.1) is 13.2 Å². The molecule has 2 aliphatic heterocycles. The minimum atomic E-state index is -2.75. The standard InChI is InChI=1S/C24H26Br2N4Si/c1-5-15-27-21-11-7-9-13-23(21)29(17-19(3)25)31(27)28(16-6-2)22-12-8-10-14-24(22)30(31)18-20(4)26/h5-14H,1-4,15-18H2. The van der Waals surface area contributed by atoms with Crippen LogP contribution in [0.4, 0.5) is 22.7 Å². The first kappa shape index (κ1) is 22.0. The monoisotopic (exact) mass is 556 g/mol. The molecule has 7 heteroatoms. The van der Waals surface area contributed by atoms with Gasteiger partial charge in [-0.25, -0.2) is 0 Å². The van der Waals surface area contributed by atoms with E-state index in [2.05, 4.69) is 125 Å². The highest BCUT2D eigenvalue weighted by molar-refractivity contribution is 9.12. The molecule has 0 saturated heterocycles. The summed E-state index contributed by atoms with van der Waals surface area (Å²) in [4.78, 5) is 0. The predicted octanol–water partition coefficient (Wildman–Crippen LogP) is 6.26. The fraction of sp³-hybridized carbons (Fsp3) is 0.167. The molecule has 4 rings (SSSR count). The Morgan fingerprint density at radius 3 is 1.29 bits per heavy atom. The van der Waals surface area contributed by atoms with Gasteiger partial charge in [0, 0.05) is 35.1 Å². The minimum Gasteiger partial charge on any atom is -0.342 e. The quantitative estimate of drug-likeness (QED) is 0.280. The Balaban J connectivity index is 2.06. The van der Waals surface area contributed by atoms with E-state index in [1.54, 1.807) is 0 Å². The summed E-state index contributed by atoms with van der Waals surface area (Å²) in [6, 6.07) is 17.3. The smallest absolute Gasteiger partial charge is 0.342 e. The Hall–Kier alpha value is -2.22. The summed E-state index contributed by atoms with van der Waals surface area (Å²) >= 11 is 7.31. The number of fused-ring (bicyclic) bond motifs is 2. The van der Waals surface area contributed by atoms with Gasteiger partial charge in [-0.05, 0) is 24.3 Å². The molecule has 1 spiro atoms. The Kier molecular flexibility index (Phi) is 6.19. The molecule has 2 heterocycles. The fourth-order valence-electron chi connectivity index (χ4n) is 4.79. The number of hydrogen-bond donors (Lipinski definition) is 0. The van der Waals surface area contributed by atoms with Gasteiger partial charge in [0.15, 0.2) is 0 Å². The number of nitrogens with zero attached hydrogens (tertiary/aromatic N) is 4. The second kappa shape index (κ2) is 8.73. The van der Waals surface area contributed by atoms with E-state index in [0.29, 0.717) is 13.1 Å². The zero-order chi connectivity index (χ0) is 22.2. The number of hydrogen-bond acceptors (Lipinski definition) is 4. The van der Waals surface area contributed by atoms with Gasteiger partial charge < -0.3 is 18.3 Å². The minimum absolute atomic E-state index is 0.698. The lowest BCUT2D eigenvalue weighted by Gasteiger charge is -2.49. The lowest BCUT2D eigenvalue weighted by atomic mass is 10.2. The zero-order valence-electron chi connectivity index (χ0n) is 17.5. The van der Waals surface area contributed by atoms with Gasteiger partial charge in [-0.3, -0.25) is 0 Å². The Morgan fingerprint density at radius 1 is 0.677 bits per heavy atom. The molecule has 2 aromatic carbocycles. The Morgan fingerprint density at radius 2 is 1.00 bits per heavy atom. The number of benzene rings is 2. The van der Waals surface area contributed by atoms with Crippen molar-refractivity contribution in [1.29, 1.82) is 0 Å². The summed E-state index contributed by atoms with van der Waals surface area (Å²) < 4.78 is 12.1. The number of anilines is 4. The molecular weight excluding hydrogens is 532 g/mol. The molecule has 0 N–H and O–H groups in total. The fourth-order valence-corrected chi connectivity index (χ4v) is 11.1. The van der Waals surface area contributed by atoms with Gasteiger partial charge in [0.25, 0.3) is 0 Å². The molecule has 0 bridgehead atoms. The van der Waals surface area contributed by atoms with Gasteiger partial charge in [0.2, 0.25) is 0 Å². The van der Waals surface area contributed by atoms with Crippen molar-refractivity contribution in [2.24, 2.45) is 0 Å². The van der Waals surface area contributed by atoms with Crippen LogP contribution in [-0.2, 0) is 0 Å². The molecule has 160 valence electrons. The first-order valence-electron chi connectivity index (χ1n) is 10.1. The van der Waals surface area contributed by atoms with Crippen molar-refractivity contribution in [3.8, 4) is 0 Å². The van der Waals surface area contributed by atoms with Crippen LogP contribution in [0, 0.1) is 0 Å². The van der Waals surface area contributed by atoms with Gasteiger partial charge in [0.05, 0.1) is 22.7 Å². The van der Waals surface area contributed by atoms with Gasteiger partial charge in [-0.2, -0.15) is 0 Å². The summed E-state index contributed by atoms with van der Waals surface area (Å²) in [5.74, 6) is 0. The van der Waals surface area contributed by atoms with E-state index in [0.717, 1.165) is 22.1 Å². The molecule has 2 aliphatic rings. The van der Waals surface area contributed by atoms with E-state index in [9.17, 15) is 0 Å². The summed E-state index contributed by atoms with van der Waals surface area (Å²) in [6.07, 6.45) is 3.99. The van der Waals surface area contributed by atoms with E-state index in [4.69, 9.17) is 0 Å². The lowest BCUT2D eigenvalue weighted by molar-refractivity contribution is 0.967. The Labute approximate surface area is 203 Å². The number of para-hydroxylation sites is 4. The summed E-state index contributed by atoms with van der Waals surface area (Å²) in [5.41, 5.74) is 4.86. The van der Waals surface area contributed by atoms with E-state index in [-0.39, 0.29) is 0 Å². The van der Waals surface area contributed by atoms with Crippen molar-refractivity contribution in [3.05, 3.63) is 96.0 Å². The third-order valence-corrected chi connectivity index (χ3v) is 10.7. The largest absolute Gasteiger partial charge is 0.504 e. The average molecular weight is 558 g/mol. The van der Waals surface area contributed by atoms with Crippen molar-refractivity contribution in [3.63, 3.8) is 0 Å². The van der Waals surface area contributed by atoms with Crippen LogP contribution in [0.25, 0.3) is 0 Å². The number of halogens is 2. The van der Waals surface area contributed by atoms with Crippen LogP contribution in [-0.4, -0.2) is 34.9 Å². The number of rotatable bonds is 8. The van der Waals surface area contributed by atoms with Crippen LogP contribution >= 0.6 is 31.9 Å². The molecule has 4 nitrogen and oxygen atoms in total. The molecule has 0 fully saturated rings. The normalized spacial score (nSPS) is 15.8. The zero-order valence-corrected chi connectivity index (χ0v) is 21.6. The van der Waals surface area contributed by atoms with Gasteiger partial charge >= 0.3 is 8.72 Å². The predicted molar refractivity (Wildman–Crippen MR) is 145 cm³/mol. The van der Waals surface area contributed by atoms with Crippen molar-refractivity contribution in [2.75, 3.05) is 44.4 Å². The van der Waals surface area contributed by atoms with Crippen LogP contribution in [0.2, 0.25) is 0 Å². The SMILES string of the molecule is C=CCN1c2ccccc2N(CC(=C)Br)[Si]12N(CC=C)c1ccccc1N2CC(=C)Br. The van der Waals surface area contributed by atoms with E-state index < -0.39 is 8.72 Å². The van der Waals surface area contributed by atoms with Crippen LogP contribution < -0.4 is 18.3 Å². The lowest BCUT2D eigenvalue weighted by Crippen LogP contribution is -2.80. The van der Waals surface area contributed by atoms with Crippen LogP contribution in [0.1, 0.15) is 0 Å². The van der Waals surface area contributed by atoms with Crippen molar-refractivity contribution in [1.82, 2.24) is 0 Å². The third-order valence-electron chi connectivity index (χ3n) is 5.66. The van der Waals surface area contributed by atoms with Crippen molar-refractivity contribution >= 4 is 63.3 Å². The van der Waals surface area contributed by atoms with Gasteiger partial charge in [0.1, 0.15) is 0 Å². The summed E-state index contributed by atoms with van der Waals surface area (Å²) in [5, 5.41) is 0. The topological polar surface area (TPSA) is 13.0 Å². The molecule has 0 aromatic heterocycles. The highest BCUT2D eigenvalue weighted by atomic mass is 79.9. The highest BCUT2D eigenvalue weighted by Gasteiger charge is 2.66. The first-order chi connectivity index (χ1) is 15.0. The molecule has 0 saturated carbocycles.